The number of anilines is 2. The number of rotatable bonds is 4. The van der Waals surface area contributed by atoms with E-state index in [4.69, 9.17) is 0 Å². The maximum absolute atomic E-state index is 13.4. The predicted molar refractivity (Wildman–Crippen MR) is 113 cm³/mol. The van der Waals surface area contributed by atoms with Crippen LogP contribution in [0.15, 0.2) is 60.0 Å². The first-order chi connectivity index (χ1) is 16.2. The van der Waals surface area contributed by atoms with E-state index in [1.165, 1.54) is 24.4 Å². The first-order valence-electron chi connectivity index (χ1n) is 9.58. The van der Waals surface area contributed by atoms with E-state index < -0.39 is 38.6 Å². The highest BCUT2D eigenvalue weighted by Crippen LogP contribution is 2.37. The summed E-state index contributed by atoms with van der Waals surface area (Å²) < 4.78 is 103. The van der Waals surface area contributed by atoms with Crippen molar-refractivity contribution < 1.29 is 34.8 Å². The van der Waals surface area contributed by atoms with Gasteiger partial charge in [-0.25, -0.2) is 23.4 Å². The normalized spacial score (nSPS) is 12.7. The SMILES string of the molecule is CS(=O)(=O)c1nc(Nc2ccc(C(F)(F)F)nc2)c2ccc(-c3ncccc3C(F)(F)F)cc2n1. The van der Waals surface area contributed by atoms with Gasteiger partial charge in [0.1, 0.15) is 11.5 Å². The second kappa shape index (κ2) is 8.45. The second-order valence-electron chi connectivity index (χ2n) is 7.31. The third-order valence-corrected chi connectivity index (χ3v) is 5.56. The molecule has 0 saturated heterocycles. The van der Waals surface area contributed by atoms with Crippen molar-refractivity contribution >= 4 is 32.2 Å². The Morgan fingerprint density at radius 2 is 1.63 bits per heavy atom. The molecule has 182 valence electrons. The molecule has 0 bridgehead atoms. The summed E-state index contributed by atoms with van der Waals surface area (Å²) in [6, 6.07) is 7.68. The third-order valence-electron chi connectivity index (χ3n) is 4.71. The Morgan fingerprint density at radius 1 is 0.886 bits per heavy atom. The van der Waals surface area contributed by atoms with Crippen molar-refractivity contribution in [3.05, 3.63) is 66.1 Å². The molecule has 0 aliphatic heterocycles. The second-order valence-corrected chi connectivity index (χ2v) is 9.22. The van der Waals surface area contributed by atoms with Gasteiger partial charge in [-0.2, -0.15) is 26.3 Å². The van der Waals surface area contributed by atoms with Crippen LogP contribution in [0.1, 0.15) is 11.3 Å². The fourth-order valence-electron chi connectivity index (χ4n) is 3.15. The first-order valence-corrected chi connectivity index (χ1v) is 11.5. The van der Waals surface area contributed by atoms with Gasteiger partial charge >= 0.3 is 12.4 Å². The van der Waals surface area contributed by atoms with Crippen molar-refractivity contribution in [3.63, 3.8) is 0 Å². The Labute approximate surface area is 193 Å². The molecule has 4 aromatic rings. The van der Waals surface area contributed by atoms with Crippen molar-refractivity contribution in [3.8, 4) is 11.3 Å². The first kappa shape index (κ1) is 24.3. The van der Waals surface area contributed by atoms with Crippen LogP contribution in [0.4, 0.5) is 37.8 Å². The van der Waals surface area contributed by atoms with Crippen LogP contribution < -0.4 is 5.32 Å². The minimum Gasteiger partial charge on any atom is -0.338 e. The number of nitrogens with zero attached hydrogens (tertiary/aromatic N) is 4. The molecule has 1 N–H and O–H groups in total. The van der Waals surface area contributed by atoms with Gasteiger partial charge in [0, 0.05) is 23.4 Å². The number of nitrogens with one attached hydrogen (secondary N) is 1. The van der Waals surface area contributed by atoms with Crippen LogP contribution in [0.5, 0.6) is 0 Å². The van der Waals surface area contributed by atoms with Crippen LogP contribution in [0.3, 0.4) is 0 Å². The van der Waals surface area contributed by atoms with Gasteiger partial charge in [0.15, 0.2) is 0 Å². The summed E-state index contributed by atoms with van der Waals surface area (Å²) in [5.41, 5.74) is -2.46. The third kappa shape index (κ3) is 5.16. The van der Waals surface area contributed by atoms with Gasteiger partial charge in [-0.15, -0.1) is 0 Å². The summed E-state index contributed by atoms with van der Waals surface area (Å²) >= 11 is 0. The van der Waals surface area contributed by atoms with Crippen LogP contribution in [0.25, 0.3) is 22.2 Å². The molecule has 0 fully saturated rings. The zero-order valence-corrected chi connectivity index (χ0v) is 18.3. The van der Waals surface area contributed by atoms with E-state index in [-0.39, 0.29) is 33.7 Å². The molecular formula is C21H13F6N5O2S. The number of pyridine rings is 2. The molecule has 14 heteroatoms. The van der Waals surface area contributed by atoms with Gasteiger partial charge in [0.05, 0.1) is 28.7 Å². The standard InChI is InChI=1S/C21H13F6N5O2S/c1-35(33,34)19-31-15-9-11(17-14(20(22,23)24)3-2-8-28-17)4-6-13(15)18(32-19)30-12-5-7-16(29-10-12)21(25,26)27/h2-10H,1H3,(H,30,31,32). The van der Waals surface area contributed by atoms with Gasteiger partial charge in [-0.05, 0) is 36.4 Å². The van der Waals surface area contributed by atoms with Gasteiger partial charge in [-0.3, -0.25) is 4.98 Å². The minimum atomic E-state index is -4.69. The lowest BCUT2D eigenvalue weighted by atomic mass is 10.0. The fraction of sp³-hybridized carbons (Fsp3) is 0.143. The summed E-state index contributed by atoms with van der Waals surface area (Å²) in [6.45, 7) is 0. The summed E-state index contributed by atoms with van der Waals surface area (Å²) in [6.07, 6.45) is -6.44. The summed E-state index contributed by atoms with van der Waals surface area (Å²) in [4.78, 5) is 15.0. The largest absolute Gasteiger partial charge is 0.433 e. The van der Waals surface area contributed by atoms with E-state index in [9.17, 15) is 34.8 Å². The quantitative estimate of drug-likeness (QED) is 0.293. The molecule has 0 unspecified atom stereocenters. The van der Waals surface area contributed by atoms with Gasteiger partial charge in [0.2, 0.25) is 15.0 Å². The van der Waals surface area contributed by atoms with Crippen LogP contribution >= 0.6 is 0 Å². The summed E-state index contributed by atoms with van der Waals surface area (Å²) in [7, 11) is -3.97. The van der Waals surface area contributed by atoms with Gasteiger partial charge in [0.25, 0.3) is 0 Å². The average Bonchev–Trinajstić information content (AvgIpc) is 2.77. The Kier molecular flexibility index (Phi) is 5.87. The Morgan fingerprint density at radius 3 is 2.23 bits per heavy atom. The molecule has 1 aromatic carbocycles. The van der Waals surface area contributed by atoms with E-state index in [0.29, 0.717) is 0 Å². The molecule has 4 rings (SSSR count). The van der Waals surface area contributed by atoms with Gasteiger partial charge in [-0.1, -0.05) is 6.07 Å². The van der Waals surface area contributed by atoms with E-state index in [1.807, 2.05) is 0 Å². The lowest BCUT2D eigenvalue weighted by molar-refractivity contribution is -0.141. The van der Waals surface area contributed by atoms with E-state index in [0.717, 1.165) is 36.7 Å². The molecule has 0 atom stereocenters. The molecule has 7 nitrogen and oxygen atoms in total. The summed E-state index contributed by atoms with van der Waals surface area (Å²) in [5, 5.41) is 2.25. The van der Waals surface area contributed by atoms with Crippen molar-refractivity contribution in [1.29, 1.82) is 0 Å². The zero-order chi connectivity index (χ0) is 25.6. The highest BCUT2D eigenvalue weighted by Gasteiger charge is 2.34. The predicted octanol–water partition coefficient (Wildman–Crippen LogP) is 5.27. The molecule has 3 aromatic heterocycles. The van der Waals surface area contributed by atoms with Crippen LogP contribution in [0.2, 0.25) is 0 Å². The van der Waals surface area contributed by atoms with Gasteiger partial charge < -0.3 is 5.32 Å². The molecular weight excluding hydrogens is 500 g/mol. The lowest BCUT2D eigenvalue weighted by Crippen LogP contribution is -2.09. The van der Waals surface area contributed by atoms with E-state index in [1.54, 1.807) is 0 Å². The van der Waals surface area contributed by atoms with Crippen LogP contribution in [-0.2, 0) is 22.2 Å². The smallest absolute Gasteiger partial charge is 0.338 e. The Hall–Kier alpha value is -3.81. The molecule has 0 aliphatic carbocycles. The van der Waals surface area contributed by atoms with E-state index in [2.05, 4.69) is 25.3 Å². The molecule has 0 saturated carbocycles. The number of hydrogen-bond acceptors (Lipinski definition) is 7. The maximum atomic E-state index is 13.4. The monoisotopic (exact) mass is 513 g/mol. The summed E-state index contributed by atoms with van der Waals surface area (Å²) in [5.74, 6) is -0.0967. The van der Waals surface area contributed by atoms with E-state index >= 15 is 0 Å². The van der Waals surface area contributed by atoms with Crippen molar-refractivity contribution in [2.75, 3.05) is 11.6 Å². The minimum absolute atomic E-state index is 0.0192. The van der Waals surface area contributed by atoms with Crippen LogP contribution in [0, 0.1) is 0 Å². The fourth-order valence-corrected chi connectivity index (χ4v) is 3.67. The topological polar surface area (TPSA) is 97.7 Å². The Balaban J connectivity index is 1.85. The number of halogens is 6. The lowest BCUT2D eigenvalue weighted by Gasteiger charge is -2.14. The molecule has 3 heterocycles. The molecule has 0 radical (unpaired) electrons. The molecule has 0 aliphatic rings. The maximum Gasteiger partial charge on any atom is 0.433 e. The highest BCUT2D eigenvalue weighted by atomic mass is 32.2. The number of hydrogen-bond donors (Lipinski definition) is 1. The Bertz CT molecular complexity index is 1520. The highest BCUT2D eigenvalue weighted by molar-refractivity contribution is 7.90. The number of aromatic nitrogens is 4. The van der Waals surface area contributed by atoms with Crippen molar-refractivity contribution in [2.24, 2.45) is 0 Å². The number of sulfone groups is 1. The molecule has 0 amide bonds. The van der Waals surface area contributed by atoms with Crippen LogP contribution in [-0.4, -0.2) is 34.6 Å². The number of fused-ring (bicyclic) bond motifs is 1. The molecule has 0 spiro atoms. The zero-order valence-electron chi connectivity index (χ0n) is 17.5. The molecule has 35 heavy (non-hydrogen) atoms. The number of benzene rings is 1. The van der Waals surface area contributed by atoms with Crippen molar-refractivity contribution in [1.82, 2.24) is 19.9 Å². The van der Waals surface area contributed by atoms with Crippen molar-refractivity contribution in [2.45, 2.75) is 17.5 Å². The average molecular weight is 513 g/mol. The number of alkyl halides is 6.